The highest BCUT2D eigenvalue weighted by atomic mass is 16.3. The lowest BCUT2D eigenvalue weighted by molar-refractivity contribution is 0.361. The first kappa shape index (κ1) is 19.2. The maximum atomic E-state index is 9.71. The van der Waals surface area contributed by atoms with Crippen molar-refractivity contribution < 1.29 is 5.11 Å². The van der Waals surface area contributed by atoms with Crippen LogP contribution in [0.5, 0.6) is 5.75 Å². The van der Waals surface area contributed by atoms with E-state index in [4.69, 9.17) is 15.2 Å². The third kappa shape index (κ3) is 3.61. The van der Waals surface area contributed by atoms with Crippen molar-refractivity contribution >= 4 is 11.2 Å². The number of pyridine rings is 1. The van der Waals surface area contributed by atoms with Crippen LogP contribution >= 0.6 is 0 Å². The number of imidazole rings is 1. The first-order chi connectivity index (χ1) is 15.2. The molecule has 0 amide bonds. The van der Waals surface area contributed by atoms with Crippen molar-refractivity contribution in [2.24, 2.45) is 0 Å². The van der Waals surface area contributed by atoms with Crippen LogP contribution in [0.25, 0.3) is 33.9 Å². The minimum absolute atomic E-state index is 0.230. The second-order valence-corrected chi connectivity index (χ2v) is 7.84. The number of aryl methyl sites for hydroxylation is 1. The Morgan fingerprint density at radius 2 is 1.87 bits per heavy atom. The molecule has 1 aromatic carbocycles. The Morgan fingerprint density at radius 1 is 1.06 bits per heavy atom. The van der Waals surface area contributed by atoms with E-state index >= 15 is 0 Å². The van der Waals surface area contributed by atoms with Crippen LogP contribution in [0, 0.1) is 11.3 Å². The molecule has 3 heterocycles. The lowest BCUT2D eigenvalue weighted by Gasteiger charge is -2.25. The number of rotatable bonds is 5. The number of phenols is 1. The Bertz CT molecular complexity index is 1240. The van der Waals surface area contributed by atoms with Crippen molar-refractivity contribution in [3.8, 4) is 34.6 Å². The molecule has 0 unspecified atom stereocenters. The van der Waals surface area contributed by atoms with E-state index in [0.717, 1.165) is 41.0 Å². The predicted molar refractivity (Wildman–Crippen MR) is 114 cm³/mol. The van der Waals surface area contributed by atoms with Gasteiger partial charge in [-0.1, -0.05) is 19.3 Å². The van der Waals surface area contributed by atoms with E-state index in [0.29, 0.717) is 24.8 Å². The second kappa shape index (κ2) is 8.14. The monoisotopic (exact) mass is 414 g/mol. The molecule has 4 aromatic rings. The normalized spacial score (nSPS) is 14.7. The van der Waals surface area contributed by atoms with Gasteiger partial charge >= 0.3 is 0 Å². The SMILES string of the molecule is N#CCCn1nnnc1-c1cnc2c(c1)nc(-c1ccc(O)cc1)n2C1CCCCC1. The van der Waals surface area contributed by atoms with Crippen LogP contribution < -0.4 is 0 Å². The fraction of sp³-hybridized carbons (Fsp3) is 0.364. The number of nitriles is 1. The van der Waals surface area contributed by atoms with E-state index in [1.165, 1.54) is 19.3 Å². The van der Waals surface area contributed by atoms with Gasteiger partial charge in [-0.15, -0.1) is 5.10 Å². The summed E-state index contributed by atoms with van der Waals surface area (Å²) in [7, 11) is 0. The number of fused-ring (bicyclic) bond motifs is 1. The highest BCUT2D eigenvalue weighted by Crippen LogP contribution is 2.36. The van der Waals surface area contributed by atoms with Crippen molar-refractivity contribution in [1.82, 2.24) is 34.7 Å². The smallest absolute Gasteiger partial charge is 0.183 e. The molecule has 1 N–H and O–H groups in total. The van der Waals surface area contributed by atoms with Gasteiger partial charge in [0, 0.05) is 23.4 Å². The zero-order chi connectivity index (χ0) is 21.2. The summed E-state index contributed by atoms with van der Waals surface area (Å²) in [4.78, 5) is 9.71. The van der Waals surface area contributed by atoms with Crippen molar-refractivity contribution in [2.75, 3.05) is 0 Å². The number of hydrogen-bond acceptors (Lipinski definition) is 7. The van der Waals surface area contributed by atoms with E-state index < -0.39 is 0 Å². The molecular formula is C22H22N8O. The zero-order valence-corrected chi connectivity index (χ0v) is 17.0. The Hall–Kier alpha value is -3.80. The van der Waals surface area contributed by atoms with Crippen molar-refractivity contribution in [2.45, 2.75) is 51.1 Å². The number of aromatic nitrogens is 7. The standard InChI is InChI=1S/C22H22N8O/c23-11-4-12-29-21(26-27-28-29)16-13-19-22(24-14-16)30(17-5-2-1-3-6-17)20(25-19)15-7-9-18(31)10-8-15/h7-10,13-14,17,31H,1-6,12H2. The van der Waals surface area contributed by atoms with Gasteiger partial charge in [0.1, 0.15) is 17.1 Å². The van der Waals surface area contributed by atoms with Crippen molar-refractivity contribution in [1.29, 1.82) is 5.26 Å². The summed E-state index contributed by atoms with van der Waals surface area (Å²) in [5, 5.41) is 30.5. The van der Waals surface area contributed by atoms with Crippen LogP contribution in [0.1, 0.15) is 44.6 Å². The molecule has 0 radical (unpaired) electrons. The third-order valence-corrected chi connectivity index (χ3v) is 5.82. The molecule has 0 atom stereocenters. The fourth-order valence-corrected chi connectivity index (χ4v) is 4.32. The van der Waals surface area contributed by atoms with Gasteiger partial charge in [-0.3, -0.25) is 0 Å². The summed E-state index contributed by atoms with van der Waals surface area (Å²) in [6.07, 6.45) is 7.98. The molecular weight excluding hydrogens is 392 g/mol. The quantitative estimate of drug-likeness (QED) is 0.526. The fourth-order valence-electron chi connectivity index (χ4n) is 4.32. The van der Waals surface area contributed by atoms with Gasteiger partial charge < -0.3 is 9.67 Å². The molecule has 1 saturated carbocycles. The van der Waals surface area contributed by atoms with Gasteiger partial charge in [0.25, 0.3) is 0 Å². The van der Waals surface area contributed by atoms with Crippen LogP contribution in [-0.4, -0.2) is 39.8 Å². The molecule has 1 aliphatic rings. The van der Waals surface area contributed by atoms with Crippen LogP contribution in [0.15, 0.2) is 36.5 Å². The zero-order valence-electron chi connectivity index (χ0n) is 17.0. The van der Waals surface area contributed by atoms with Gasteiger partial charge in [-0.05, 0) is 53.6 Å². The van der Waals surface area contributed by atoms with E-state index in [1.807, 2.05) is 18.2 Å². The average Bonchev–Trinajstić information content (AvgIpc) is 3.43. The molecule has 0 bridgehead atoms. The van der Waals surface area contributed by atoms with Gasteiger partial charge in [0.2, 0.25) is 0 Å². The van der Waals surface area contributed by atoms with E-state index in [2.05, 4.69) is 26.2 Å². The Balaban J connectivity index is 1.63. The van der Waals surface area contributed by atoms with Gasteiger partial charge in [0.05, 0.1) is 19.0 Å². The topological polar surface area (TPSA) is 118 Å². The Labute approximate surface area is 179 Å². The van der Waals surface area contributed by atoms with E-state index in [1.54, 1.807) is 23.0 Å². The highest BCUT2D eigenvalue weighted by Gasteiger charge is 2.24. The minimum Gasteiger partial charge on any atom is -0.508 e. The maximum Gasteiger partial charge on any atom is 0.183 e. The highest BCUT2D eigenvalue weighted by molar-refractivity contribution is 5.81. The largest absolute Gasteiger partial charge is 0.508 e. The third-order valence-electron chi connectivity index (χ3n) is 5.82. The summed E-state index contributed by atoms with van der Waals surface area (Å²) in [5.74, 6) is 1.66. The number of phenolic OH excluding ortho intramolecular Hbond substituents is 1. The van der Waals surface area contributed by atoms with Gasteiger partial charge in [0.15, 0.2) is 11.5 Å². The number of benzene rings is 1. The summed E-state index contributed by atoms with van der Waals surface area (Å²) in [6, 6.07) is 11.6. The summed E-state index contributed by atoms with van der Waals surface area (Å²) < 4.78 is 3.87. The van der Waals surface area contributed by atoms with Crippen LogP contribution in [0.3, 0.4) is 0 Å². The lowest BCUT2D eigenvalue weighted by atomic mass is 9.95. The molecule has 156 valence electrons. The van der Waals surface area contributed by atoms with Crippen LogP contribution in [-0.2, 0) is 6.54 Å². The molecule has 5 rings (SSSR count). The Morgan fingerprint density at radius 3 is 2.65 bits per heavy atom. The first-order valence-electron chi connectivity index (χ1n) is 10.6. The maximum absolute atomic E-state index is 9.71. The molecule has 1 aliphatic carbocycles. The number of aromatic hydroxyl groups is 1. The van der Waals surface area contributed by atoms with E-state index in [-0.39, 0.29) is 5.75 Å². The molecule has 9 nitrogen and oxygen atoms in total. The summed E-state index contributed by atoms with van der Waals surface area (Å²) in [5.41, 5.74) is 3.33. The van der Waals surface area contributed by atoms with Crippen molar-refractivity contribution in [3.63, 3.8) is 0 Å². The van der Waals surface area contributed by atoms with Gasteiger partial charge in [-0.25, -0.2) is 14.6 Å². The summed E-state index contributed by atoms with van der Waals surface area (Å²) >= 11 is 0. The lowest BCUT2D eigenvalue weighted by Crippen LogP contribution is -2.14. The molecule has 31 heavy (non-hydrogen) atoms. The summed E-state index contributed by atoms with van der Waals surface area (Å²) in [6.45, 7) is 0.423. The Kier molecular flexibility index (Phi) is 5.04. The molecule has 9 heteroatoms. The molecule has 1 fully saturated rings. The molecule has 0 saturated heterocycles. The number of hydrogen-bond donors (Lipinski definition) is 1. The first-order valence-corrected chi connectivity index (χ1v) is 10.6. The molecule has 3 aromatic heterocycles. The average molecular weight is 414 g/mol. The predicted octanol–water partition coefficient (Wildman–Crippen LogP) is 3.88. The molecule has 0 spiro atoms. The second-order valence-electron chi connectivity index (χ2n) is 7.84. The number of nitrogens with zero attached hydrogens (tertiary/aromatic N) is 8. The van der Waals surface area contributed by atoms with E-state index in [9.17, 15) is 5.11 Å². The number of tetrazole rings is 1. The van der Waals surface area contributed by atoms with Crippen molar-refractivity contribution in [3.05, 3.63) is 36.5 Å². The van der Waals surface area contributed by atoms with Crippen LogP contribution in [0.4, 0.5) is 0 Å². The molecule has 0 aliphatic heterocycles. The van der Waals surface area contributed by atoms with Crippen LogP contribution in [0.2, 0.25) is 0 Å². The van der Waals surface area contributed by atoms with Gasteiger partial charge in [-0.2, -0.15) is 5.26 Å². The minimum atomic E-state index is 0.230.